The molecule has 3 N–H and O–H groups in total. The molecule has 0 aliphatic carbocycles. The van der Waals surface area contributed by atoms with Gasteiger partial charge in [-0.1, -0.05) is 12.1 Å². The first-order valence-corrected chi connectivity index (χ1v) is 5.69. The van der Waals surface area contributed by atoms with Crippen molar-refractivity contribution in [3.05, 3.63) is 65.0 Å². The molecule has 2 aromatic rings. The molecule has 0 aromatic heterocycles. The fourth-order valence-corrected chi connectivity index (χ4v) is 1.84. The Balaban J connectivity index is 2.46. The summed E-state index contributed by atoms with van der Waals surface area (Å²) in [5, 5.41) is 10.1. The molecule has 1 atom stereocenters. The predicted molar refractivity (Wildman–Crippen MR) is 66.3 cm³/mol. The lowest BCUT2D eigenvalue weighted by atomic mass is 9.98. The van der Waals surface area contributed by atoms with Gasteiger partial charge < -0.3 is 10.8 Å². The van der Waals surface area contributed by atoms with Gasteiger partial charge in [0.1, 0.15) is 11.9 Å². The van der Waals surface area contributed by atoms with Gasteiger partial charge in [0.25, 0.3) is 0 Å². The highest BCUT2D eigenvalue weighted by Gasteiger charge is 2.31. The fraction of sp³-hybridized carbons (Fsp3) is 0.143. The van der Waals surface area contributed by atoms with Crippen molar-refractivity contribution >= 4 is 5.69 Å². The van der Waals surface area contributed by atoms with Crippen LogP contribution in [0.25, 0.3) is 0 Å². The molecule has 20 heavy (non-hydrogen) atoms. The van der Waals surface area contributed by atoms with Crippen LogP contribution in [0.1, 0.15) is 22.8 Å². The van der Waals surface area contributed by atoms with Crippen LogP contribution in [0.2, 0.25) is 0 Å². The van der Waals surface area contributed by atoms with E-state index in [0.29, 0.717) is 0 Å². The Kier molecular flexibility index (Phi) is 3.67. The van der Waals surface area contributed by atoms with E-state index >= 15 is 0 Å². The van der Waals surface area contributed by atoms with Gasteiger partial charge in [-0.25, -0.2) is 4.39 Å². The lowest BCUT2D eigenvalue weighted by Gasteiger charge is -2.16. The van der Waals surface area contributed by atoms with Crippen LogP contribution in [0.5, 0.6) is 0 Å². The third kappa shape index (κ3) is 2.91. The van der Waals surface area contributed by atoms with Crippen LogP contribution in [-0.4, -0.2) is 5.11 Å². The highest BCUT2D eigenvalue weighted by atomic mass is 19.4. The number of anilines is 1. The Morgan fingerprint density at radius 1 is 1.05 bits per heavy atom. The second-order valence-corrected chi connectivity index (χ2v) is 4.30. The van der Waals surface area contributed by atoms with Crippen molar-refractivity contribution in [1.82, 2.24) is 0 Å². The smallest absolute Gasteiger partial charge is 0.398 e. The molecule has 0 fully saturated rings. The number of hydrogen-bond donors (Lipinski definition) is 2. The number of hydrogen-bond acceptors (Lipinski definition) is 2. The number of halogens is 4. The summed E-state index contributed by atoms with van der Waals surface area (Å²) in [7, 11) is 0. The maximum absolute atomic E-state index is 13.1. The average molecular weight is 285 g/mol. The molecule has 6 heteroatoms. The Morgan fingerprint density at radius 3 is 2.35 bits per heavy atom. The molecular weight excluding hydrogens is 274 g/mol. The number of nitrogens with two attached hydrogens (primary N) is 1. The Morgan fingerprint density at radius 2 is 1.75 bits per heavy atom. The standard InChI is InChI=1S/C14H11F4NO/c15-10-3-1-2-8(6-10)13(20)11-7-9(14(16,17)18)4-5-12(11)19/h1-7,13,20H,19H2. The largest absolute Gasteiger partial charge is 0.416 e. The van der Waals surface area contributed by atoms with Crippen LogP contribution in [0.15, 0.2) is 42.5 Å². The van der Waals surface area contributed by atoms with Crippen LogP contribution in [-0.2, 0) is 6.18 Å². The first-order valence-electron chi connectivity index (χ1n) is 5.69. The van der Waals surface area contributed by atoms with Crippen molar-refractivity contribution in [3.8, 4) is 0 Å². The van der Waals surface area contributed by atoms with Gasteiger partial charge in [0, 0.05) is 11.3 Å². The highest BCUT2D eigenvalue weighted by molar-refractivity contribution is 5.52. The Hall–Kier alpha value is -2.08. The number of nitrogen functional groups attached to an aromatic ring is 1. The molecule has 0 spiro atoms. The molecular formula is C14H11F4NO. The molecule has 0 radical (unpaired) electrons. The van der Waals surface area contributed by atoms with Crippen LogP contribution >= 0.6 is 0 Å². The van der Waals surface area contributed by atoms with Gasteiger partial charge in [-0.3, -0.25) is 0 Å². The van der Waals surface area contributed by atoms with E-state index in [9.17, 15) is 22.7 Å². The molecule has 106 valence electrons. The molecule has 0 heterocycles. The molecule has 0 aliphatic heterocycles. The van der Waals surface area contributed by atoms with Gasteiger partial charge in [0.2, 0.25) is 0 Å². The van der Waals surface area contributed by atoms with Gasteiger partial charge in [-0.15, -0.1) is 0 Å². The van der Waals surface area contributed by atoms with Gasteiger partial charge in [-0.2, -0.15) is 13.2 Å². The van der Waals surface area contributed by atoms with Crippen molar-refractivity contribution in [2.45, 2.75) is 12.3 Å². The van der Waals surface area contributed by atoms with Gasteiger partial charge in [-0.05, 0) is 35.9 Å². The third-order valence-electron chi connectivity index (χ3n) is 2.87. The zero-order chi connectivity index (χ0) is 14.9. The number of aliphatic hydroxyl groups is 1. The molecule has 0 bridgehead atoms. The average Bonchev–Trinajstić information content (AvgIpc) is 2.37. The summed E-state index contributed by atoms with van der Waals surface area (Å²) in [4.78, 5) is 0. The summed E-state index contributed by atoms with van der Waals surface area (Å²) < 4.78 is 51.0. The lowest BCUT2D eigenvalue weighted by molar-refractivity contribution is -0.137. The summed E-state index contributed by atoms with van der Waals surface area (Å²) in [5.41, 5.74) is 4.71. The molecule has 0 aliphatic rings. The number of benzene rings is 2. The molecule has 2 aromatic carbocycles. The van der Waals surface area contributed by atoms with Crippen LogP contribution in [0.4, 0.5) is 23.2 Å². The van der Waals surface area contributed by atoms with Crippen LogP contribution in [0.3, 0.4) is 0 Å². The van der Waals surface area contributed by atoms with E-state index in [1.54, 1.807) is 0 Å². The van der Waals surface area contributed by atoms with Crippen LogP contribution in [0, 0.1) is 5.82 Å². The van der Waals surface area contributed by atoms with Crippen molar-refractivity contribution in [2.75, 3.05) is 5.73 Å². The second kappa shape index (κ2) is 5.13. The minimum Gasteiger partial charge on any atom is -0.398 e. The minimum atomic E-state index is -4.54. The molecule has 1 unspecified atom stereocenters. The first kappa shape index (κ1) is 14.3. The summed E-state index contributed by atoms with van der Waals surface area (Å²) in [6.07, 6.45) is -5.96. The van der Waals surface area contributed by atoms with E-state index in [1.165, 1.54) is 18.2 Å². The van der Waals surface area contributed by atoms with E-state index in [2.05, 4.69) is 0 Å². The Labute approximate surface area is 112 Å². The maximum Gasteiger partial charge on any atom is 0.416 e. The second-order valence-electron chi connectivity index (χ2n) is 4.30. The highest BCUT2D eigenvalue weighted by Crippen LogP contribution is 2.34. The first-order chi connectivity index (χ1) is 9.29. The summed E-state index contributed by atoms with van der Waals surface area (Å²) in [6, 6.07) is 7.66. The van der Waals surface area contributed by atoms with E-state index in [4.69, 9.17) is 5.73 Å². The summed E-state index contributed by atoms with van der Waals surface area (Å²) in [6.45, 7) is 0. The lowest BCUT2D eigenvalue weighted by Crippen LogP contribution is -2.10. The summed E-state index contributed by atoms with van der Waals surface area (Å²) >= 11 is 0. The summed E-state index contributed by atoms with van der Waals surface area (Å²) in [5.74, 6) is -0.591. The van der Waals surface area contributed by atoms with E-state index < -0.39 is 23.7 Å². The van der Waals surface area contributed by atoms with E-state index in [-0.39, 0.29) is 16.8 Å². The minimum absolute atomic E-state index is 0.00904. The fourth-order valence-electron chi connectivity index (χ4n) is 1.84. The van der Waals surface area contributed by atoms with E-state index in [1.807, 2.05) is 0 Å². The van der Waals surface area contributed by atoms with Gasteiger partial charge >= 0.3 is 6.18 Å². The number of aliphatic hydroxyl groups excluding tert-OH is 1. The van der Waals surface area contributed by atoms with Gasteiger partial charge in [0.05, 0.1) is 5.56 Å². The van der Waals surface area contributed by atoms with Crippen molar-refractivity contribution in [1.29, 1.82) is 0 Å². The quantitative estimate of drug-likeness (QED) is 0.655. The van der Waals surface area contributed by atoms with Crippen molar-refractivity contribution in [2.24, 2.45) is 0 Å². The van der Waals surface area contributed by atoms with Crippen LogP contribution < -0.4 is 5.73 Å². The molecule has 2 rings (SSSR count). The molecule has 0 amide bonds. The molecule has 2 nitrogen and oxygen atoms in total. The third-order valence-corrected chi connectivity index (χ3v) is 2.87. The molecule has 0 saturated heterocycles. The van der Waals surface area contributed by atoms with Crippen molar-refractivity contribution in [3.63, 3.8) is 0 Å². The maximum atomic E-state index is 13.1. The normalized spacial score (nSPS) is 13.2. The van der Waals surface area contributed by atoms with Crippen molar-refractivity contribution < 1.29 is 22.7 Å². The number of rotatable bonds is 2. The van der Waals surface area contributed by atoms with E-state index in [0.717, 1.165) is 24.3 Å². The number of alkyl halides is 3. The van der Waals surface area contributed by atoms with Gasteiger partial charge in [0.15, 0.2) is 0 Å². The zero-order valence-corrected chi connectivity index (χ0v) is 10.2. The monoisotopic (exact) mass is 285 g/mol. The zero-order valence-electron chi connectivity index (χ0n) is 10.2. The SMILES string of the molecule is Nc1ccc(C(F)(F)F)cc1C(O)c1cccc(F)c1. The molecule has 0 saturated carbocycles. The topological polar surface area (TPSA) is 46.2 Å². The predicted octanol–water partition coefficient (Wildman–Crippen LogP) is 3.51. The Bertz CT molecular complexity index is 625.